The molecule has 2 amide bonds. The minimum absolute atomic E-state index is 0.112. The zero-order valence-electron chi connectivity index (χ0n) is 19.4. The van der Waals surface area contributed by atoms with E-state index in [-0.39, 0.29) is 24.6 Å². The Labute approximate surface area is 196 Å². The van der Waals surface area contributed by atoms with Crippen LogP contribution >= 0.6 is 0 Å². The molecule has 8 nitrogen and oxygen atoms in total. The molecule has 1 aliphatic carbocycles. The molecule has 2 aliphatic rings. The summed E-state index contributed by atoms with van der Waals surface area (Å²) in [5.74, 6) is -2.34. The molecule has 1 unspecified atom stereocenters. The predicted molar refractivity (Wildman–Crippen MR) is 119 cm³/mol. The van der Waals surface area contributed by atoms with Gasteiger partial charge in [-0.05, 0) is 38.0 Å². The van der Waals surface area contributed by atoms with Crippen molar-refractivity contribution in [2.24, 2.45) is 5.41 Å². The van der Waals surface area contributed by atoms with Gasteiger partial charge in [0, 0.05) is 49.8 Å². The summed E-state index contributed by atoms with van der Waals surface area (Å²) in [7, 11) is 3.08. The second-order valence-electron chi connectivity index (χ2n) is 9.04. The van der Waals surface area contributed by atoms with Gasteiger partial charge in [0.25, 0.3) is 11.8 Å². The van der Waals surface area contributed by atoms with Crippen LogP contribution in [0.3, 0.4) is 0 Å². The van der Waals surface area contributed by atoms with E-state index in [1.807, 2.05) is 0 Å². The van der Waals surface area contributed by atoms with Gasteiger partial charge in [-0.3, -0.25) is 9.59 Å². The van der Waals surface area contributed by atoms with E-state index in [1.165, 1.54) is 19.4 Å². The second kappa shape index (κ2) is 9.15. The number of benzene rings is 1. The Hall–Kier alpha value is -3.30. The van der Waals surface area contributed by atoms with Gasteiger partial charge in [-0.2, -0.15) is 0 Å². The molecule has 182 valence electrons. The minimum atomic E-state index is -3.07. The van der Waals surface area contributed by atoms with Crippen LogP contribution in [-0.2, 0) is 11.3 Å². The fraction of sp³-hybridized carbons (Fsp3) is 0.500. The lowest BCUT2D eigenvalue weighted by molar-refractivity contribution is -0.149. The maximum atomic E-state index is 14.8. The van der Waals surface area contributed by atoms with Crippen molar-refractivity contribution in [1.82, 2.24) is 20.2 Å². The molecule has 2 aromatic rings. The molecule has 1 N–H and O–H groups in total. The lowest BCUT2D eigenvalue weighted by atomic mass is 9.69. The van der Waals surface area contributed by atoms with E-state index in [2.05, 4.69) is 15.3 Å². The van der Waals surface area contributed by atoms with Gasteiger partial charge in [-0.25, -0.2) is 18.7 Å². The number of halogens is 2. The van der Waals surface area contributed by atoms with Crippen molar-refractivity contribution in [1.29, 1.82) is 0 Å². The van der Waals surface area contributed by atoms with Crippen molar-refractivity contribution in [3.05, 3.63) is 47.5 Å². The molecule has 4 rings (SSSR count). The monoisotopic (exact) mass is 474 g/mol. The van der Waals surface area contributed by atoms with Crippen molar-refractivity contribution in [3.8, 4) is 11.5 Å². The number of rotatable bonds is 6. The Bertz CT molecular complexity index is 1100. The van der Waals surface area contributed by atoms with Gasteiger partial charge >= 0.3 is 0 Å². The van der Waals surface area contributed by atoms with Crippen LogP contribution in [0.1, 0.15) is 47.6 Å². The maximum Gasteiger partial charge on any atom is 0.270 e. The third-order valence-electron chi connectivity index (χ3n) is 6.58. The van der Waals surface area contributed by atoms with E-state index >= 15 is 0 Å². The topological polar surface area (TPSA) is 93.6 Å². The first-order chi connectivity index (χ1) is 16.1. The molecule has 2 atom stereocenters. The smallest absolute Gasteiger partial charge is 0.270 e. The van der Waals surface area contributed by atoms with Crippen LogP contribution < -0.4 is 14.8 Å². The number of aryl methyl sites for hydroxylation is 1. The lowest BCUT2D eigenvalue weighted by Crippen LogP contribution is -2.52. The fourth-order valence-corrected chi connectivity index (χ4v) is 5.07. The van der Waals surface area contributed by atoms with E-state index in [0.29, 0.717) is 30.3 Å². The molecule has 2 heterocycles. The Morgan fingerprint density at radius 2 is 2.03 bits per heavy atom. The van der Waals surface area contributed by atoms with Gasteiger partial charge in [0.15, 0.2) is 0 Å². The Kier molecular flexibility index (Phi) is 6.42. The van der Waals surface area contributed by atoms with Crippen LogP contribution in [0.5, 0.6) is 11.5 Å². The lowest BCUT2D eigenvalue weighted by Gasteiger charge is -2.41. The van der Waals surface area contributed by atoms with Gasteiger partial charge in [-0.1, -0.05) is 0 Å². The van der Waals surface area contributed by atoms with E-state index in [1.54, 1.807) is 37.1 Å². The molecule has 34 heavy (non-hydrogen) atoms. The highest BCUT2D eigenvalue weighted by atomic mass is 19.3. The number of carbonyl (C=O) groups is 2. The average molecular weight is 475 g/mol. The number of nitrogens with zero attached hydrogens (tertiary/aromatic N) is 3. The highest BCUT2D eigenvalue weighted by Crippen LogP contribution is 2.51. The third kappa shape index (κ3) is 4.80. The second-order valence-corrected chi connectivity index (χ2v) is 9.04. The number of likely N-dealkylation sites (tertiary alicyclic amines) is 1. The van der Waals surface area contributed by atoms with E-state index < -0.39 is 36.1 Å². The van der Waals surface area contributed by atoms with Crippen LogP contribution in [-0.4, -0.2) is 59.4 Å². The summed E-state index contributed by atoms with van der Waals surface area (Å²) in [6, 6.07) is 5.89. The molecule has 1 saturated heterocycles. The van der Waals surface area contributed by atoms with Crippen molar-refractivity contribution >= 4 is 11.8 Å². The molecular weight excluding hydrogens is 446 g/mol. The quantitative estimate of drug-likeness (QED) is 0.692. The van der Waals surface area contributed by atoms with Crippen LogP contribution in [0.15, 0.2) is 30.5 Å². The summed E-state index contributed by atoms with van der Waals surface area (Å²) in [6.07, 6.45) is 0.880. The Balaban J connectivity index is 1.51. The molecule has 1 aromatic heterocycles. The summed E-state index contributed by atoms with van der Waals surface area (Å²) in [5.41, 5.74) is -0.345. The van der Waals surface area contributed by atoms with Gasteiger partial charge < -0.3 is 19.7 Å². The number of hydrogen-bond donors (Lipinski definition) is 1. The Morgan fingerprint density at radius 1 is 1.24 bits per heavy atom. The summed E-state index contributed by atoms with van der Waals surface area (Å²) in [4.78, 5) is 35.7. The predicted octanol–water partition coefficient (Wildman–Crippen LogP) is 3.14. The minimum Gasteiger partial charge on any atom is -0.497 e. The molecule has 0 radical (unpaired) electrons. The molecule has 1 aliphatic heterocycles. The first-order valence-corrected chi connectivity index (χ1v) is 11.1. The van der Waals surface area contributed by atoms with Gasteiger partial charge in [0.05, 0.1) is 19.6 Å². The molecule has 0 bridgehead atoms. The number of methoxy groups -OCH3 is 2. The van der Waals surface area contributed by atoms with E-state index in [0.717, 1.165) is 5.56 Å². The number of carbonyl (C=O) groups excluding carboxylic acids is 2. The molecule has 1 aromatic carbocycles. The van der Waals surface area contributed by atoms with E-state index in [4.69, 9.17) is 9.47 Å². The number of hydrogen-bond acceptors (Lipinski definition) is 6. The molecule has 1 spiro atoms. The fourth-order valence-electron chi connectivity index (χ4n) is 5.07. The van der Waals surface area contributed by atoms with Gasteiger partial charge in [0.2, 0.25) is 5.91 Å². The zero-order valence-corrected chi connectivity index (χ0v) is 19.4. The number of alkyl halides is 2. The van der Waals surface area contributed by atoms with Gasteiger partial charge in [-0.15, -0.1) is 0 Å². The number of aromatic nitrogens is 2. The maximum absolute atomic E-state index is 14.8. The van der Waals surface area contributed by atoms with Crippen molar-refractivity contribution in [3.63, 3.8) is 0 Å². The standard InChI is InChI=1S/C24H28F2N4O4/c1-15-27-8-6-19(28-15)21(31)29-17-11-23(14-24(25,26)12-17)7-9-30(22(23)32)13-16-4-5-18(33-2)10-20(16)34-3/h4-6,8,10,17H,7,9,11-14H2,1-3H3,(H,29,31)/t17?,23-/m1/s1. The molecule has 10 heteroatoms. The van der Waals surface area contributed by atoms with Crippen LogP contribution in [0.2, 0.25) is 0 Å². The van der Waals surface area contributed by atoms with Crippen LogP contribution in [0.25, 0.3) is 0 Å². The van der Waals surface area contributed by atoms with Crippen molar-refractivity contribution in [2.75, 3.05) is 20.8 Å². The highest BCUT2D eigenvalue weighted by Gasteiger charge is 2.57. The first-order valence-electron chi connectivity index (χ1n) is 11.1. The number of amides is 2. The SMILES string of the molecule is COc1ccc(CN2CC[C@]3(CC(NC(=O)c4ccnc(C)n4)CC(F)(F)C3)C2=O)c(OC)c1. The average Bonchev–Trinajstić information content (AvgIpc) is 3.07. The zero-order chi connectivity index (χ0) is 24.5. The Morgan fingerprint density at radius 3 is 2.74 bits per heavy atom. The molecular formula is C24H28F2N4O4. The van der Waals surface area contributed by atoms with Crippen LogP contribution in [0.4, 0.5) is 8.78 Å². The largest absolute Gasteiger partial charge is 0.497 e. The molecule has 2 fully saturated rings. The summed E-state index contributed by atoms with van der Waals surface area (Å²) in [6.45, 7) is 2.25. The number of ether oxygens (including phenoxy) is 2. The first kappa shape index (κ1) is 23.8. The van der Waals surface area contributed by atoms with E-state index in [9.17, 15) is 18.4 Å². The normalized spacial score (nSPS) is 23.7. The molecule has 1 saturated carbocycles. The van der Waals surface area contributed by atoms with Gasteiger partial charge in [0.1, 0.15) is 23.0 Å². The summed E-state index contributed by atoms with van der Waals surface area (Å²) in [5, 5.41) is 2.67. The third-order valence-corrected chi connectivity index (χ3v) is 6.58. The van der Waals surface area contributed by atoms with Crippen LogP contribution in [0, 0.1) is 12.3 Å². The highest BCUT2D eigenvalue weighted by molar-refractivity contribution is 5.92. The van der Waals surface area contributed by atoms with Crippen molar-refractivity contribution < 1.29 is 27.8 Å². The summed E-state index contributed by atoms with van der Waals surface area (Å²) < 4.78 is 40.3. The summed E-state index contributed by atoms with van der Waals surface area (Å²) >= 11 is 0. The van der Waals surface area contributed by atoms with Crippen molar-refractivity contribution in [2.45, 2.75) is 51.1 Å². The number of nitrogens with one attached hydrogen (secondary N) is 1.